The number of rotatable bonds is 7. The first-order chi connectivity index (χ1) is 13.4. The number of aliphatic hydroxyl groups is 1. The van der Waals surface area contributed by atoms with E-state index in [2.05, 4.69) is 48.1 Å². The molecule has 0 saturated carbocycles. The van der Waals surface area contributed by atoms with Crippen LogP contribution < -0.4 is 0 Å². The van der Waals surface area contributed by atoms with E-state index in [0.29, 0.717) is 38.5 Å². The Bertz CT molecular complexity index is 779. The van der Waals surface area contributed by atoms with Gasteiger partial charge < -0.3 is 10.0 Å². The first kappa shape index (κ1) is 20.4. The Balaban J connectivity index is 1.63. The van der Waals surface area contributed by atoms with E-state index < -0.39 is 5.60 Å². The Morgan fingerprint density at radius 1 is 1.25 bits per heavy atom. The molecule has 1 atom stereocenters. The van der Waals surface area contributed by atoms with Crippen LogP contribution in [0.2, 0.25) is 0 Å². The number of benzene rings is 1. The van der Waals surface area contributed by atoms with Gasteiger partial charge in [0.25, 0.3) is 5.91 Å². The van der Waals surface area contributed by atoms with Gasteiger partial charge in [-0.25, -0.2) is 9.97 Å². The molecular weight excluding hydrogens is 352 g/mol. The van der Waals surface area contributed by atoms with Gasteiger partial charge in [0.2, 0.25) is 0 Å². The van der Waals surface area contributed by atoms with Crippen LogP contribution in [0.5, 0.6) is 0 Å². The van der Waals surface area contributed by atoms with E-state index in [9.17, 15) is 9.90 Å². The molecule has 1 unspecified atom stereocenters. The van der Waals surface area contributed by atoms with E-state index in [1.165, 1.54) is 11.9 Å². The fourth-order valence-electron chi connectivity index (χ4n) is 3.78. The number of likely N-dealkylation sites (tertiary alicyclic amines) is 1. The summed E-state index contributed by atoms with van der Waals surface area (Å²) in [6, 6.07) is 10.2. The highest BCUT2D eigenvalue weighted by molar-refractivity contribution is 5.86. The number of hydrogen-bond acceptors (Lipinski definition) is 5. The molecule has 3 rings (SSSR count). The number of hydrogen-bond donors (Lipinski definition) is 1. The lowest BCUT2D eigenvalue weighted by Gasteiger charge is -2.40. The van der Waals surface area contributed by atoms with Crippen molar-refractivity contribution in [3.63, 3.8) is 0 Å². The van der Waals surface area contributed by atoms with E-state index in [-0.39, 0.29) is 5.91 Å². The van der Waals surface area contributed by atoms with Crippen LogP contribution in [-0.2, 0) is 17.9 Å². The maximum absolute atomic E-state index is 13.0. The maximum Gasteiger partial charge on any atom is 0.256 e. The predicted molar refractivity (Wildman–Crippen MR) is 108 cm³/mol. The quantitative estimate of drug-likeness (QED) is 0.797. The molecule has 1 aliphatic rings. The summed E-state index contributed by atoms with van der Waals surface area (Å²) in [5.74, 6) is 0.308. The second kappa shape index (κ2) is 8.80. The molecule has 1 aliphatic heterocycles. The van der Waals surface area contributed by atoms with Crippen LogP contribution in [0.15, 0.2) is 42.9 Å². The number of carbonyl (C=O) groups is 1. The van der Waals surface area contributed by atoms with Crippen LogP contribution >= 0.6 is 0 Å². The van der Waals surface area contributed by atoms with Crippen LogP contribution in [0.3, 0.4) is 0 Å². The Hall–Kier alpha value is -2.31. The SMILES string of the molecule is CC(C)c1ccc(CN2CCCC(O)(CN(C)Cc3ccncn3)C2=O)cc1. The zero-order valence-corrected chi connectivity index (χ0v) is 17.0. The van der Waals surface area contributed by atoms with Crippen molar-refractivity contribution in [2.45, 2.75) is 51.3 Å². The van der Waals surface area contributed by atoms with Crippen LogP contribution in [0, 0.1) is 0 Å². The van der Waals surface area contributed by atoms with E-state index in [1.807, 2.05) is 18.0 Å². The Kier molecular flexibility index (Phi) is 6.42. The average Bonchev–Trinajstić information content (AvgIpc) is 2.66. The van der Waals surface area contributed by atoms with Crippen molar-refractivity contribution >= 4 is 5.91 Å². The van der Waals surface area contributed by atoms with E-state index in [4.69, 9.17) is 0 Å². The highest BCUT2D eigenvalue weighted by Crippen LogP contribution is 2.26. The topological polar surface area (TPSA) is 69.6 Å². The molecule has 0 spiro atoms. The fraction of sp³-hybridized carbons (Fsp3) is 0.500. The van der Waals surface area contributed by atoms with Crippen LogP contribution in [0.25, 0.3) is 0 Å². The summed E-state index contributed by atoms with van der Waals surface area (Å²) in [6.07, 6.45) is 4.50. The summed E-state index contributed by atoms with van der Waals surface area (Å²) in [7, 11) is 1.90. The van der Waals surface area contributed by atoms with Gasteiger partial charge >= 0.3 is 0 Å². The lowest BCUT2D eigenvalue weighted by molar-refractivity contribution is -0.160. The predicted octanol–water partition coefficient (Wildman–Crippen LogP) is 2.59. The molecule has 1 aromatic carbocycles. The molecule has 2 aromatic rings. The molecule has 1 N–H and O–H groups in total. The molecule has 1 aromatic heterocycles. The fourth-order valence-corrected chi connectivity index (χ4v) is 3.78. The third kappa shape index (κ3) is 4.94. The van der Waals surface area contributed by atoms with Crippen molar-refractivity contribution in [3.05, 3.63) is 59.7 Å². The number of nitrogens with zero attached hydrogens (tertiary/aromatic N) is 4. The molecular formula is C22H30N4O2. The van der Waals surface area contributed by atoms with E-state index in [1.54, 1.807) is 11.1 Å². The number of aromatic nitrogens is 2. The number of carbonyl (C=O) groups excluding carboxylic acids is 1. The molecule has 1 amide bonds. The van der Waals surface area contributed by atoms with Crippen LogP contribution in [-0.4, -0.2) is 56.5 Å². The van der Waals surface area contributed by atoms with Gasteiger partial charge in [-0.05, 0) is 43.0 Å². The molecule has 1 saturated heterocycles. The summed E-state index contributed by atoms with van der Waals surface area (Å²) in [5, 5.41) is 11.1. The molecule has 1 fully saturated rings. The van der Waals surface area contributed by atoms with Gasteiger partial charge in [-0.2, -0.15) is 0 Å². The molecule has 6 heteroatoms. The number of piperidine rings is 1. The van der Waals surface area contributed by atoms with Crippen LogP contribution in [0.1, 0.15) is 49.4 Å². The zero-order valence-electron chi connectivity index (χ0n) is 17.0. The lowest BCUT2D eigenvalue weighted by Crippen LogP contribution is -2.57. The van der Waals surface area contributed by atoms with Gasteiger partial charge in [-0.15, -0.1) is 0 Å². The van der Waals surface area contributed by atoms with Gasteiger partial charge in [-0.3, -0.25) is 9.69 Å². The molecule has 0 radical (unpaired) electrons. The van der Waals surface area contributed by atoms with Gasteiger partial charge in [0, 0.05) is 32.4 Å². The van der Waals surface area contributed by atoms with Crippen LogP contribution in [0.4, 0.5) is 0 Å². The minimum atomic E-state index is -1.35. The summed E-state index contributed by atoms with van der Waals surface area (Å²) >= 11 is 0. The Labute approximate surface area is 167 Å². The maximum atomic E-state index is 13.0. The summed E-state index contributed by atoms with van der Waals surface area (Å²) in [5.41, 5.74) is 1.90. The summed E-state index contributed by atoms with van der Waals surface area (Å²) in [6.45, 7) is 6.41. The second-order valence-corrected chi connectivity index (χ2v) is 8.13. The number of likely N-dealkylation sites (N-methyl/N-ethyl adjacent to an activating group) is 1. The van der Waals surface area contributed by atoms with Crippen molar-refractivity contribution in [2.24, 2.45) is 0 Å². The smallest absolute Gasteiger partial charge is 0.256 e. The summed E-state index contributed by atoms with van der Waals surface area (Å²) in [4.78, 5) is 24.9. The van der Waals surface area contributed by atoms with Crippen molar-refractivity contribution < 1.29 is 9.90 Å². The molecule has 6 nitrogen and oxygen atoms in total. The monoisotopic (exact) mass is 382 g/mol. The van der Waals surface area contributed by atoms with Crippen molar-refractivity contribution in [1.29, 1.82) is 0 Å². The van der Waals surface area contributed by atoms with E-state index in [0.717, 1.165) is 17.7 Å². The minimum Gasteiger partial charge on any atom is -0.379 e. The third-order valence-corrected chi connectivity index (χ3v) is 5.33. The summed E-state index contributed by atoms with van der Waals surface area (Å²) < 4.78 is 0. The Morgan fingerprint density at radius 3 is 2.64 bits per heavy atom. The molecule has 2 heterocycles. The molecule has 150 valence electrons. The average molecular weight is 383 g/mol. The zero-order chi connectivity index (χ0) is 20.1. The first-order valence-electron chi connectivity index (χ1n) is 9.91. The highest BCUT2D eigenvalue weighted by atomic mass is 16.3. The molecule has 0 bridgehead atoms. The van der Waals surface area contributed by atoms with Gasteiger partial charge in [0.15, 0.2) is 5.60 Å². The largest absolute Gasteiger partial charge is 0.379 e. The first-order valence-corrected chi connectivity index (χ1v) is 9.91. The number of amides is 1. The van der Waals surface area contributed by atoms with Crippen molar-refractivity contribution in [1.82, 2.24) is 19.8 Å². The van der Waals surface area contributed by atoms with Crippen molar-refractivity contribution in [3.8, 4) is 0 Å². The van der Waals surface area contributed by atoms with Gasteiger partial charge in [0.1, 0.15) is 6.33 Å². The minimum absolute atomic E-state index is 0.179. The lowest BCUT2D eigenvalue weighted by atomic mass is 9.90. The molecule has 0 aliphatic carbocycles. The van der Waals surface area contributed by atoms with E-state index >= 15 is 0 Å². The normalized spacial score (nSPS) is 20.2. The standard InChI is InChI=1S/C22H30N4O2/c1-17(2)19-7-5-18(6-8-19)13-26-12-4-10-22(28,21(26)27)15-25(3)14-20-9-11-23-16-24-20/h5-9,11,16-17,28H,4,10,12-15H2,1-3H3. The van der Waals surface area contributed by atoms with Gasteiger partial charge in [-0.1, -0.05) is 38.1 Å². The van der Waals surface area contributed by atoms with Crippen molar-refractivity contribution in [2.75, 3.05) is 20.1 Å². The Morgan fingerprint density at radius 2 is 2.00 bits per heavy atom. The van der Waals surface area contributed by atoms with Gasteiger partial charge in [0.05, 0.1) is 5.69 Å². The second-order valence-electron chi connectivity index (χ2n) is 8.13. The highest BCUT2D eigenvalue weighted by Gasteiger charge is 2.42. The molecule has 28 heavy (non-hydrogen) atoms. The third-order valence-electron chi connectivity index (χ3n) is 5.33.